The van der Waals surface area contributed by atoms with E-state index in [1.54, 1.807) is 0 Å². The second-order valence-corrected chi connectivity index (χ2v) is 5.60. The van der Waals surface area contributed by atoms with E-state index < -0.39 is 0 Å². The number of hydrogen-bond acceptors (Lipinski definition) is 2. The first-order valence-electron chi connectivity index (χ1n) is 7.28. The van der Waals surface area contributed by atoms with Gasteiger partial charge in [0.2, 0.25) is 0 Å². The molecule has 0 heterocycles. The third kappa shape index (κ3) is 2.86. The van der Waals surface area contributed by atoms with Gasteiger partial charge >= 0.3 is 0 Å². The van der Waals surface area contributed by atoms with Crippen LogP contribution in [0.4, 0.5) is 5.69 Å². The van der Waals surface area contributed by atoms with Crippen molar-refractivity contribution in [3.05, 3.63) is 30.3 Å². The van der Waals surface area contributed by atoms with Crippen LogP contribution in [0.15, 0.2) is 30.3 Å². The minimum Gasteiger partial charge on any atom is -0.368 e. The molecule has 0 aromatic heterocycles. The van der Waals surface area contributed by atoms with Crippen molar-refractivity contribution in [2.75, 3.05) is 18.0 Å². The van der Waals surface area contributed by atoms with Crippen LogP contribution in [0.25, 0.3) is 0 Å². The molecular formula is C16H26N2. The topological polar surface area (TPSA) is 29.3 Å². The van der Waals surface area contributed by atoms with Crippen LogP contribution < -0.4 is 10.6 Å². The molecule has 18 heavy (non-hydrogen) atoms. The lowest BCUT2D eigenvalue weighted by Crippen LogP contribution is -2.46. The second-order valence-electron chi connectivity index (χ2n) is 5.60. The molecule has 3 atom stereocenters. The highest BCUT2D eigenvalue weighted by molar-refractivity contribution is 5.47. The van der Waals surface area contributed by atoms with E-state index in [2.05, 4.69) is 49.1 Å². The molecule has 2 rings (SSSR count). The normalized spacial score (nSPS) is 28.1. The predicted molar refractivity (Wildman–Crippen MR) is 78.8 cm³/mol. The van der Waals surface area contributed by atoms with E-state index in [1.807, 2.05) is 0 Å². The molecule has 1 fully saturated rings. The van der Waals surface area contributed by atoms with Crippen molar-refractivity contribution < 1.29 is 0 Å². The van der Waals surface area contributed by atoms with Crippen molar-refractivity contribution in [2.45, 2.75) is 39.2 Å². The second kappa shape index (κ2) is 6.24. The molecule has 100 valence electrons. The van der Waals surface area contributed by atoms with Crippen LogP contribution in [0.5, 0.6) is 0 Å². The summed E-state index contributed by atoms with van der Waals surface area (Å²) in [6, 6.07) is 11.4. The minimum atomic E-state index is 0.617. The Bertz CT molecular complexity index is 349. The van der Waals surface area contributed by atoms with E-state index in [0.717, 1.165) is 19.0 Å². The summed E-state index contributed by atoms with van der Waals surface area (Å²) >= 11 is 0. The monoisotopic (exact) mass is 246 g/mol. The SMILES string of the molecule is CCN(c1ccccc1)C1CC(C)CCC1CN. The molecule has 1 aliphatic rings. The van der Waals surface area contributed by atoms with Crippen molar-refractivity contribution in [3.63, 3.8) is 0 Å². The zero-order chi connectivity index (χ0) is 13.0. The average molecular weight is 246 g/mol. The summed E-state index contributed by atoms with van der Waals surface area (Å²) in [7, 11) is 0. The Kier molecular flexibility index (Phi) is 4.65. The van der Waals surface area contributed by atoms with Crippen LogP contribution in [0.2, 0.25) is 0 Å². The van der Waals surface area contributed by atoms with Crippen LogP contribution in [0.3, 0.4) is 0 Å². The van der Waals surface area contributed by atoms with Crippen molar-refractivity contribution in [1.82, 2.24) is 0 Å². The van der Waals surface area contributed by atoms with Crippen LogP contribution in [-0.2, 0) is 0 Å². The molecule has 0 bridgehead atoms. The smallest absolute Gasteiger partial charge is 0.0368 e. The maximum Gasteiger partial charge on any atom is 0.0368 e. The van der Waals surface area contributed by atoms with Gasteiger partial charge in [-0.15, -0.1) is 0 Å². The first-order valence-corrected chi connectivity index (χ1v) is 7.28. The lowest BCUT2D eigenvalue weighted by Gasteiger charge is -2.42. The van der Waals surface area contributed by atoms with Gasteiger partial charge in [0.05, 0.1) is 0 Å². The first-order chi connectivity index (χ1) is 8.76. The van der Waals surface area contributed by atoms with E-state index >= 15 is 0 Å². The molecule has 3 unspecified atom stereocenters. The van der Waals surface area contributed by atoms with E-state index in [1.165, 1.54) is 24.9 Å². The van der Waals surface area contributed by atoms with Gasteiger partial charge in [0.1, 0.15) is 0 Å². The zero-order valence-electron chi connectivity index (χ0n) is 11.7. The highest BCUT2D eigenvalue weighted by atomic mass is 15.2. The molecule has 2 N–H and O–H groups in total. The number of nitrogens with zero attached hydrogens (tertiary/aromatic N) is 1. The first kappa shape index (κ1) is 13.4. The Morgan fingerprint density at radius 3 is 2.56 bits per heavy atom. The molecule has 2 heteroatoms. The molecule has 1 aromatic rings. The lowest BCUT2D eigenvalue weighted by atomic mass is 9.78. The molecule has 0 radical (unpaired) electrons. The largest absolute Gasteiger partial charge is 0.368 e. The Balaban J connectivity index is 2.19. The lowest BCUT2D eigenvalue weighted by molar-refractivity contribution is 0.245. The number of anilines is 1. The van der Waals surface area contributed by atoms with Crippen LogP contribution >= 0.6 is 0 Å². The van der Waals surface area contributed by atoms with Gasteiger partial charge in [-0.25, -0.2) is 0 Å². The molecule has 1 saturated carbocycles. The van der Waals surface area contributed by atoms with E-state index in [9.17, 15) is 0 Å². The van der Waals surface area contributed by atoms with Crippen LogP contribution in [0.1, 0.15) is 33.1 Å². The van der Waals surface area contributed by atoms with Gasteiger partial charge in [0.25, 0.3) is 0 Å². The van der Waals surface area contributed by atoms with E-state index in [-0.39, 0.29) is 0 Å². The van der Waals surface area contributed by atoms with E-state index in [4.69, 9.17) is 5.73 Å². The summed E-state index contributed by atoms with van der Waals surface area (Å²) in [5.41, 5.74) is 7.33. The molecule has 0 amide bonds. The molecule has 0 spiro atoms. The van der Waals surface area contributed by atoms with Crippen LogP contribution in [0, 0.1) is 11.8 Å². The molecule has 1 aromatic carbocycles. The zero-order valence-corrected chi connectivity index (χ0v) is 11.7. The van der Waals surface area contributed by atoms with Gasteiger partial charge in [-0.3, -0.25) is 0 Å². The Labute approximate surface area is 111 Å². The Morgan fingerprint density at radius 1 is 1.22 bits per heavy atom. The standard InChI is InChI=1S/C16H26N2/c1-3-18(15-7-5-4-6-8-15)16-11-13(2)9-10-14(16)12-17/h4-8,13-14,16H,3,9-12,17H2,1-2H3. The van der Waals surface area contributed by atoms with Crippen molar-refractivity contribution >= 4 is 5.69 Å². The van der Waals surface area contributed by atoms with Crippen molar-refractivity contribution in [1.29, 1.82) is 0 Å². The molecule has 0 saturated heterocycles. The summed E-state index contributed by atoms with van der Waals surface area (Å²) in [6.45, 7) is 6.51. The quantitative estimate of drug-likeness (QED) is 0.883. The maximum absolute atomic E-state index is 5.98. The summed E-state index contributed by atoms with van der Waals surface area (Å²) in [5.74, 6) is 1.48. The summed E-state index contributed by atoms with van der Waals surface area (Å²) in [6.07, 6.45) is 3.90. The Morgan fingerprint density at radius 2 is 1.94 bits per heavy atom. The van der Waals surface area contributed by atoms with Gasteiger partial charge in [0, 0.05) is 18.3 Å². The highest BCUT2D eigenvalue weighted by Crippen LogP contribution is 2.33. The van der Waals surface area contributed by atoms with Gasteiger partial charge in [-0.05, 0) is 50.3 Å². The Hall–Kier alpha value is -1.02. The maximum atomic E-state index is 5.98. The van der Waals surface area contributed by atoms with Crippen LogP contribution in [-0.4, -0.2) is 19.1 Å². The summed E-state index contributed by atoms with van der Waals surface area (Å²) in [5, 5.41) is 0. The van der Waals surface area contributed by atoms with Gasteiger partial charge in [-0.1, -0.05) is 31.5 Å². The number of benzene rings is 1. The fraction of sp³-hybridized carbons (Fsp3) is 0.625. The number of para-hydroxylation sites is 1. The molecule has 1 aliphatic carbocycles. The fourth-order valence-corrected chi connectivity index (χ4v) is 3.30. The van der Waals surface area contributed by atoms with Crippen molar-refractivity contribution in [3.8, 4) is 0 Å². The fourth-order valence-electron chi connectivity index (χ4n) is 3.30. The van der Waals surface area contributed by atoms with Gasteiger partial charge < -0.3 is 10.6 Å². The highest BCUT2D eigenvalue weighted by Gasteiger charge is 2.31. The predicted octanol–water partition coefficient (Wildman–Crippen LogP) is 3.28. The minimum absolute atomic E-state index is 0.617. The third-order valence-electron chi connectivity index (χ3n) is 4.35. The van der Waals surface area contributed by atoms with Crippen molar-refractivity contribution in [2.24, 2.45) is 17.6 Å². The summed E-state index contributed by atoms with van der Waals surface area (Å²) in [4.78, 5) is 2.55. The number of rotatable bonds is 4. The third-order valence-corrected chi connectivity index (χ3v) is 4.35. The molecule has 0 aliphatic heterocycles. The summed E-state index contributed by atoms with van der Waals surface area (Å²) < 4.78 is 0. The molecule has 2 nitrogen and oxygen atoms in total. The average Bonchev–Trinajstić information content (AvgIpc) is 2.41. The molecular weight excluding hydrogens is 220 g/mol. The number of nitrogens with two attached hydrogens (primary N) is 1. The van der Waals surface area contributed by atoms with Gasteiger partial charge in [-0.2, -0.15) is 0 Å². The van der Waals surface area contributed by atoms with E-state index in [0.29, 0.717) is 12.0 Å². The van der Waals surface area contributed by atoms with Gasteiger partial charge in [0.15, 0.2) is 0 Å². The number of hydrogen-bond donors (Lipinski definition) is 1.